The van der Waals surface area contributed by atoms with Crippen molar-refractivity contribution in [2.24, 2.45) is 0 Å². The highest BCUT2D eigenvalue weighted by molar-refractivity contribution is 6.31. The first-order chi connectivity index (χ1) is 9.02. The van der Waals surface area contributed by atoms with Gasteiger partial charge < -0.3 is 5.32 Å². The van der Waals surface area contributed by atoms with E-state index >= 15 is 0 Å². The van der Waals surface area contributed by atoms with Crippen molar-refractivity contribution in [1.29, 1.82) is 0 Å². The second-order valence-electron chi connectivity index (χ2n) is 4.76. The van der Waals surface area contributed by atoms with Crippen molar-refractivity contribution >= 4 is 11.6 Å². The van der Waals surface area contributed by atoms with Crippen LogP contribution in [0.3, 0.4) is 0 Å². The molecule has 0 bridgehead atoms. The summed E-state index contributed by atoms with van der Waals surface area (Å²) in [5, 5.41) is 3.79. The lowest BCUT2D eigenvalue weighted by molar-refractivity contribution is 0.630. The van der Waals surface area contributed by atoms with Gasteiger partial charge in [0.1, 0.15) is 5.82 Å². The minimum Gasteiger partial charge on any atom is -0.316 e. The van der Waals surface area contributed by atoms with Crippen LogP contribution >= 0.6 is 11.6 Å². The molecule has 0 atom stereocenters. The smallest absolute Gasteiger partial charge is 0.131 e. The van der Waals surface area contributed by atoms with Gasteiger partial charge in [0.15, 0.2) is 0 Å². The summed E-state index contributed by atoms with van der Waals surface area (Å²) in [4.78, 5) is 0. The van der Waals surface area contributed by atoms with Gasteiger partial charge in [-0.25, -0.2) is 4.39 Å². The van der Waals surface area contributed by atoms with Gasteiger partial charge in [-0.15, -0.1) is 0 Å². The molecule has 0 amide bonds. The molecule has 0 aromatic heterocycles. The van der Waals surface area contributed by atoms with Crippen molar-refractivity contribution in [1.82, 2.24) is 5.32 Å². The highest BCUT2D eigenvalue weighted by Gasteiger charge is 2.10. The Morgan fingerprint density at radius 1 is 1.05 bits per heavy atom. The number of rotatable bonds is 3. The minimum absolute atomic E-state index is 0.204. The number of nitrogens with one attached hydrogen (secondary N) is 1. The maximum Gasteiger partial charge on any atom is 0.131 e. The fourth-order valence-corrected chi connectivity index (χ4v) is 2.38. The summed E-state index contributed by atoms with van der Waals surface area (Å²) in [5.41, 5.74) is 4.53. The van der Waals surface area contributed by atoms with Crippen molar-refractivity contribution in [3.8, 4) is 11.1 Å². The Kier molecular flexibility index (Phi) is 4.23. The van der Waals surface area contributed by atoms with Crippen molar-refractivity contribution in [3.63, 3.8) is 0 Å². The molecule has 100 valence electrons. The summed E-state index contributed by atoms with van der Waals surface area (Å²) >= 11 is 6.09. The highest BCUT2D eigenvalue weighted by Crippen LogP contribution is 2.31. The normalized spacial score (nSPS) is 10.8. The standard InChI is InChI=1S/C16H17ClFN/c1-10-7-15(17)11(2)6-13(10)14-8-12(9-19-3)4-5-16(14)18/h4-8,19H,9H2,1-3H3. The first kappa shape index (κ1) is 14.0. The number of benzene rings is 2. The van der Waals surface area contributed by atoms with Gasteiger partial charge in [-0.05, 0) is 67.4 Å². The van der Waals surface area contributed by atoms with E-state index in [1.165, 1.54) is 6.07 Å². The van der Waals surface area contributed by atoms with Crippen LogP contribution in [0.25, 0.3) is 11.1 Å². The molecule has 0 fully saturated rings. The third-order valence-corrected chi connectivity index (χ3v) is 3.61. The van der Waals surface area contributed by atoms with Crippen LogP contribution in [0, 0.1) is 19.7 Å². The summed E-state index contributed by atoms with van der Waals surface area (Å²) in [6.07, 6.45) is 0. The molecule has 0 unspecified atom stereocenters. The van der Waals surface area contributed by atoms with Crippen LogP contribution < -0.4 is 5.32 Å². The van der Waals surface area contributed by atoms with Crippen LogP contribution in [0.1, 0.15) is 16.7 Å². The maximum absolute atomic E-state index is 14.1. The number of hydrogen-bond acceptors (Lipinski definition) is 1. The summed E-state index contributed by atoms with van der Waals surface area (Å²) in [5.74, 6) is -0.204. The molecule has 0 saturated heterocycles. The Hall–Kier alpha value is -1.38. The van der Waals surface area contributed by atoms with Gasteiger partial charge >= 0.3 is 0 Å². The molecule has 1 nitrogen and oxygen atoms in total. The molecule has 2 rings (SSSR count). The van der Waals surface area contributed by atoms with Crippen LogP contribution in [-0.4, -0.2) is 7.05 Å². The van der Waals surface area contributed by atoms with Crippen molar-refractivity contribution in [2.45, 2.75) is 20.4 Å². The van der Waals surface area contributed by atoms with E-state index in [2.05, 4.69) is 5.32 Å². The Balaban J connectivity index is 2.57. The van der Waals surface area contributed by atoms with Crippen LogP contribution in [0.15, 0.2) is 30.3 Å². The topological polar surface area (TPSA) is 12.0 Å². The van der Waals surface area contributed by atoms with Crippen molar-refractivity contribution in [3.05, 3.63) is 57.9 Å². The molecule has 0 aliphatic heterocycles. The summed E-state index contributed by atoms with van der Waals surface area (Å²) in [6, 6.07) is 9.04. The Morgan fingerprint density at radius 3 is 2.47 bits per heavy atom. The Labute approximate surface area is 118 Å². The molecule has 3 heteroatoms. The zero-order valence-electron chi connectivity index (χ0n) is 11.3. The monoisotopic (exact) mass is 277 g/mol. The molecular formula is C16H17ClFN. The molecule has 0 radical (unpaired) electrons. The second-order valence-corrected chi connectivity index (χ2v) is 5.17. The third-order valence-electron chi connectivity index (χ3n) is 3.21. The fraction of sp³-hybridized carbons (Fsp3) is 0.250. The van der Waals surface area contributed by atoms with Gasteiger partial charge in [-0.2, -0.15) is 0 Å². The quantitative estimate of drug-likeness (QED) is 0.872. The molecule has 0 saturated carbocycles. The molecule has 0 aliphatic carbocycles. The third kappa shape index (κ3) is 2.96. The van der Waals surface area contributed by atoms with Gasteiger partial charge in [0.05, 0.1) is 0 Å². The second kappa shape index (κ2) is 5.72. The van der Waals surface area contributed by atoms with E-state index in [4.69, 9.17) is 11.6 Å². The zero-order chi connectivity index (χ0) is 14.0. The van der Waals surface area contributed by atoms with E-state index in [0.717, 1.165) is 28.8 Å². The molecule has 2 aromatic carbocycles. The van der Waals surface area contributed by atoms with E-state index in [0.29, 0.717) is 10.6 Å². The SMILES string of the molecule is CNCc1ccc(F)c(-c2cc(C)c(Cl)cc2C)c1. The van der Waals surface area contributed by atoms with E-state index in [1.54, 1.807) is 6.07 Å². The van der Waals surface area contributed by atoms with Crippen LogP contribution in [0.2, 0.25) is 5.02 Å². The summed E-state index contributed by atoms with van der Waals surface area (Å²) in [7, 11) is 1.88. The van der Waals surface area contributed by atoms with Crippen LogP contribution in [0.5, 0.6) is 0 Å². The molecule has 0 spiro atoms. The van der Waals surface area contributed by atoms with Gasteiger partial charge in [0, 0.05) is 17.1 Å². The Morgan fingerprint density at radius 2 is 1.79 bits per heavy atom. The number of aryl methyl sites for hydroxylation is 2. The predicted molar refractivity (Wildman–Crippen MR) is 79.1 cm³/mol. The lowest BCUT2D eigenvalue weighted by Gasteiger charge is -2.12. The molecule has 19 heavy (non-hydrogen) atoms. The molecular weight excluding hydrogens is 261 g/mol. The zero-order valence-corrected chi connectivity index (χ0v) is 12.1. The van der Waals surface area contributed by atoms with E-state index in [-0.39, 0.29) is 5.82 Å². The van der Waals surface area contributed by atoms with Gasteiger partial charge in [0.2, 0.25) is 0 Å². The van der Waals surface area contributed by atoms with Crippen LogP contribution in [0.4, 0.5) is 4.39 Å². The molecule has 1 N–H and O–H groups in total. The molecule has 0 aliphatic rings. The first-order valence-electron chi connectivity index (χ1n) is 6.23. The summed E-state index contributed by atoms with van der Waals surface area (Å²) < 4.78 is 14.1. The predicted octanol–water partition coefficient (Wildman–Crippen LogP) is 4.48. The number of hydrogen-bond donors (Lipinski definition) is 1. The highest BCUT2D eigenvalue weighted by atomic mass is 35.5. The van der Waals surface area contributed by atoms with Crippen LogP contribution in [-0.2, 0) is 6.54 Å². The van der Waals surface area contributed by atoms with Gasteiger partial charge in [-0.1, -0.05) is 17.7 Å². The largest absolute Gasteiger partial charge is 0.316 e. The fourth-order valence-electron chi connectivity index (χ4n) is 2.16. The average molecular weight is 278 g/mol. The number of halogens is 2. The van der Waals surface area contributed by atoms with E-state index < -0.39 is 0 Å². The van der Waals surface area contributed by atoms with Crippen molar-refractivity contribution < 1.29 is 4.39 Å². The lowest BCUT2D eigenvalue weighted by Crippen LogP contribution is -2.05. The Bertz CT molecular complexity index is 608. The molecule has 2 aromatic rings. The maximum atomic E-state index is 14.1. The average Bonchev–Trinajstić information content (AvgIpc) is 2.37. The van der Waals surface area contributed by atoms with Crippen molar-refractivity contribution in [2.75, 3.05) is 7.05 Å². The minimum atomic E-state index is -0.204. The van der Waals surface area contributed by atoms with Gasteiger partial charge in [-0.3, -0.25) is 0 Å². The molecule has 0 heterocycles. The lowest BCUT2D eigenvalue weighted by atomic mass is 9.96. The van der Waals surface area contributed by atoms with Gasteiger partial charge in [0.25, 0.3) is 0 Å². The van der Waals surface area contributed by atoms with E-state index in [9.17, 15) is 4.39 Å². The van der Waals surface area contributed by atoms with E-state index in [1.807, 2.05) is 39.1 Å². The first-order valence-corrected chi connectivity index (χ1v) is 6.61. The summed E-state index contributed by atoms with van der Waals surface area (Å²) in [6.45, 7) is 4.60.